The smallest absolute Gasteiger partial charge is 0.254 e. The molecule has 2 rings (SSSR count). The van der Waals surface area contributed by atoms with E-state index in [0.29, 0.717) is 5.56 Å². The highest BCUT2D eigenvalue weighted by Crippen LogP contribution is 2.13. The molecule has 4 heteroatoms. The van der Waals surface area contributed by atoms with Crippen molar-refractivity contribution in [3.63, 3.8) is 0 Å². The molecule has 0 aliphatic rings. The first kappa shape index (κ1) is 10.2. The highest BCUT2D eigenvalue weighted by Gasteiger charge is 2.10. The van der Waals surface area contributed by atoms with Gasteiger partial charge in [0.2, 0.25) is 5.43 Å². The second kappa shape index (κ2) is 4.02. The van der Waals surface area contributed by atoms with E-state index < -0.39 is 5.91 Å². The molecule has 0 aliphatic carbocycles. The summed E-state index contributed by atoms with van der Waals surface area (Å²) in [6, 6.07) is 9.11. The fourth-order valence-electron chi connectivity index (χ4n) is 1.50. The number of amides is 1. The van der Waals surface area contributed by atoms with Crippen LogP contribution in [0.5, 0.6) is 0 Å². The van der Waals surface area contributed by atoms with Crippen molar-refractivity contribution in [2.45, 2.75) is 0 Å². The summed E-state index contributed by atoms with van der Waals surface area (Å²) in [5.74, 6) is -0.723. The molecule has 4 nitrogen and oxygen atoms in total. The average Bonchev–Trinajstić information content (AvgIpc) is 2.30. The van der Waals surface area contributed by atoms with Gasteiger partial charge in [-0.15, -0.1) is 0 Å². The summed E-state index contributed by atoms with van der Waals surface area (Å²) in [6.07, 6.45) is 2.88. The summed E-state index contributed by atoms with van der Waals surface area (Å²) in [7, 11) is 0. The molecule has 0 spiro atoms. The second-order valence-corrected chi connectivity index (χ2v) is 3.34. The number of pyridine rings is 1. The van der Waals surface area contributed by atoms with Crippen LogP contribution in [0.25, 0.3) is 11.1 Å². The normalized spacial score (nSPS) is 10.0. The van der Waals surface area contributed by atoms with Crippen molar-refractivity contribution >= 4 is 5.91 Å². The minimum atomic E-state index is -0.723. The summed E-state index contributed by atoms with van der Waals surface area (Å²) >= 11 is 0. The third-order valence-corrected chi connectivity index (χ3v) is 2.29. The van der Waals surface area contributed by atoms with Gasteiger partial charge in [0.25, 0.3) is 5.91 Å². The molecule has 1 amide bonds. The molecule has 0 saturated heterocycles. The Morgan fingerprint density at radius 3 is 2.44 bits per heavy atom. The fourth-order valence-corrected chi connectivity index (χ4v) is 1.50. The van der Waals surface area contributed by atoms with Crippen LogP contribution < -0.4 is 11.2 Å². The van der Waals surface area contributed by atoms with Crippen molar-refractivity contribution in [2.75, 3.05) is 0 Å². The Labute approximate surface area is 91.7 Å². The van der Waals surface area contributed by atoms with E-state index in [4.69, 9.17) is 5.73 Å². The van der Waals surface area contributed by atoms with Gasteiger partial charge < -0.3 is 10.7 Å². The molecule has 3 N–H and O–H groups in total. The van der Waals surface area contributed by atoms with E-state index in [1.165, 1.54) is 6.20 Å². The molecule has 1 aromatic carbocycles. The van der Waals surface area contributed by atoms with E-state index >= 15 is 0 Å². The van der Waals surface area contributed by atoms with Crippen LogP contribution in [-0.4, -0.2) is 10.9 Å². The molecular weight excluding hydrogens is 204 g/mol. The Bertz CT molecular complexity index is 573. The predicted molar refractivity (Wildman–Crippen MR) is 61.0 cm³/mol. The Balaban J connectivity index is 2.64. The SMILES string of the molecule is NC(=O)c1c[nH]cc(-c2ccccc2)c1=O. The van der Waals surface area contributed by atoms with Gasteiger partial charge in [0.1, 0.15) is 5.56 Å². The highest BCUT2D eigenvalue weighted by atomic mass is 16.2. The van der Waals surface area contributed by atoms with Crippen molar-refractivity contribution < 1.29 is 4.79 Å². The maximum atomic E-state index is 11.9. The lowest BCUT2D eigenvalue weighted by Crippen LogP contribution is -2.22. The minimum absolute atomic E-state index is 0.0265. The first-order chi connectivity index (χ1) is 7.70. The van der Waals surface area contributed by atoms with Gasteiger partial charge in [0.05, 0.1) is 0 Å². The quantitative estimate of drug-likeness (QED) is 0.786. The third-order valence-electron chi connectivity index (χ3n) is 2.29. The van der Waals surface area contributed by atoms with Gasteiger partial charge >= 0.3 is 0 Å². The van der Waals surface area contributed by atoms with Gasteiger partial charge in [-0.2, -0.15) is 0 Å². The zero-order chi connectivity index (χ0) is 11.5. The number of aromatic amines is 1. The molecule has 1 aromatic heterocycles. The average molecular weight is 214 g/mol. The molecule has 0 aliphatic heterocycles. The number of benzene rings is 1. The largest absolute Gasteiger partial charge is 0.366 e. The van der Waals surface area contributed by atoms with Crippen LogP contribution in [0.2, 0.25) is 0 Å². The van der Waals surface area contributed by atoms with Crippen LogP contribution in [0.15, 0.2) is 47.5 Å². The molecule has 0 saturated carbocycles. The number of aromatic nitrogens is 1. The molecule has 0 radical (unpaired) electrons. The Morgan fingerprint density at radius 2 is 1.81 bits per heavy atom. The summed E-state index contributed by atoms with van der Waals surface area (Å²) in [6.45, 7) is 0. The first-order valence-electron chi connectivity index (χ1n) is 4.76. The maximum absolute atomic E-state index is 11.9. The van der Waals surface area contributed by atoms with Gasteiger partial charge in [-0.25, -0.2) is 0 Å². The van der Waals surface area contributed by atoms with Crippen LogP contribution in [0, 0.1) is 0 Å². The van der Waals surface area contributed by atoms with E-state index in [2.05, 4.69) is 4.98 Å². The van der Waals surface area contributed by atoms with Gasteiger partial charge in [0, 0.05) is 18.0 Å². The lowest BCUT2D eigenvalue weighted by atomic mass is 10.1. The van der Waals surface area contributed by atoms with Crippen molar-refractivity contribution in [1.29, 1.82) is 0 Å². The van der Waals surface area contributed by atoms with Gasteiger partial charge in [-0.1, -0.05) is 30.3 Å². The summed E-state index contributed by atoms with van der Waals surface area (Å²) in [5.41, 5.74) is 5.92. The highest BCUT2D eigenvalue weighted by molar-refractivity contribution is 5.93. The standard InChI is InChI=1S/C12H10N2O2/c13-12(16)10-7-14-6-9(11(10)15)8-4-2-1-3-5-8/h1-7H,(H2,13,16)(H,14,15). The number of hydrogen-bond donors (Lipinski definition) is 2. The molecule has 0 unspecified atom stereocenters. The van der Waals surface area contributed by atoms with Gasteiger partial charge in [0.15, 0.2) is 0 Å². The Kier molecular flexibility index (Phi) is 2.55. The van der Waals surface area contributed by atoms with Crippen LogP contribution in [-0.2, 0) is 0 Å². The Hall–Kier alpha value is -2.36. The van der Waals surface area contributed by atoms with E-state index in [-0.39, 0.29) is 11.0 Å². The summed E-state index contributed by atoms with van der Waals surface area (Å²) < 4.78 is 0. The van der Waals surface area contributed by atoms with Crippen molar-refractivity contribution in [3.05, 3.63) is 58.5 Å². The zero-order valence-electron chi connectivity index (χ0n) is 8.44. The van der Waals surface area contributed by atoms with Gasteiger partial charge in [-0.3, -0.25) is 9.59 Å². The second-order valence-electron chi connectivity index (χ2n) is 3.34. The van der Waals surface area contributed by atoms with E-state index in [1.807, 2.05) is 18.2 Å². The minimum Gasteiger partial charge on any atom is -0.366 e. The molecule has 16 heavy (non-hydrogen) atoms. The Morgan fingerprint density at radius 1 is 1.12 bits per heavy atom. The number of rotatable bonds is 2. The fraction of sp³-hybridized carbons (Fsp3) is 0. The van der Waals surface area contributed by atoms with E-state index in [1.54, 1.807) is 18.3 Å². The van der Waals surface area contributed by atoms with Crippen molar-refractivity contribution in [3.8, 4) is 11.1 Å². The number of hydrogen-bond acceptors (Lipinski definition) is 2. The lowest BCUT2D eigenvalue weighted by molar-refractivity contribution is 0.0999. The van der Waals surface area contributed by atoms with E-state index in [9.17, 15) is 9.59 Å². The van der Waals surface area contributed by atoms with Crippen LogP contribution in [0.3, 0.4) is 0 Å². The van der Waals surface area contributed by atoms with Crippen molar-refractivity contribution in [2.24, 2.45) is 5.73 Å². The third kappa shape index (κ3) is 1.72. The predicted octanol–water partition coefficient (Wildman–Crippen LogP) is 1.14. The number of nitrogens with one attached hydrogen (secondary N) is 1. The zero-order valence-corrected chi connectivity index (χ0v) is 8.44. The first-order valence-corrected chi connectivity index (χ1v) is 4.76. The molecule has 0 fully saturated rings. The van der Waals surface area contributed by atoms with E-state index in [0.717, 1.165) is 5.56 Å². The number of carbonyl (C=O) groups is 1. The number of primary amides is 1. The number of nitrogens with two attached hydrogens (primary N) is 1. The van der Waals surface area contributed by atoms with Gasteiger partial charge in [-0.05, 0) is 5.56 Å². The monoisotopic (exact) mass is 214 g/mol. The summed E-state index contributed by atoms with van der Waals surface area (Å²) in [4.78, 5) is 25.6. The summed E-state index contributed by atoms with van der Waals surface area (Å²) in [5, 5.41) is 0. The van der Waals surface area contributed by atoms with Crippen molar-refractivity contribution in [1.82, 2.24) is 4.98 Å². The number of carbonyl (C=O) groups excluding carboxylic acids is 1. The lowest BCUT2D eigenvalue weighted by Gasteiger charge is -2.01. The molecule has 0 atom stereocenters. The molecule has 0 bridgehead atoms. The molecule has 80 valence electrons. The number of H-pyrrole nitrogens is 1. The van der Waals surface area contributed by atoms with Crippen LogP contribution in [0.1, 0.15) is 10.4 Å². The molecular formula is C12H10N2O2. The van der Waals surface area contributed by atoms with Crippen LogP contribution in [0.4, 0.5) is 0 Å². The molecule has 1 heterocycles. The van der Waals surface area contributed by atoms with Crippen LogP contribution >= 0.6 is 0 Å². The maximum Gasteiger partial charge on any atom is 0.254 e. The topological polar surface area (TPSA) is 76.0 Å². The molecule has 2 aromatic rings.